The van der Waals surface area contributed by atoms with E-state index >= 15 is 0 Å². The maximum atomic E-state index is 4.60. The molecular formula is C2H3CuN3S. The molecule has 7 heavy (non-hydrogen) atoms. The predicted molar refractivity (Wildman–Crippen MR) is 23.8 cm³/mol. The van der Waals surface area contributed by atoms with Crippen molar-refractivity contribution in [3.63, 3.8) is 0 Å². The van der Waals surface area contributed by atoms with Crippen molar-refractivity contribution in [3.8, 4) is 0 Å². The van der Waals surface area contributed by atoms with E-state index in [0.717, 1.165) is 0 Å². The second-order valence-corrected chi connectivity index (χ2v) is 1.30. The third kappa shape index (κ3) is 1.87. The molecule has 0 spiro atoms. The van der Waals surface area contributed by atoms with Gasteiger partial charge in [0.25, 0.3) is 0 Å². The molecule has 0 saturated carbocycles. The molecule has 1 radical (unpaired) electrons. The van der Waals surface area contributed by atoms with E-state index in [1.807, 2.05) is 0 Å². The van der Waals surface area contributed by atoms with Crippen LogP contribution < -0.4 is 0 Å². The Morgan fingerprint density at radius 2 is 2.43 bits per heavy atom. The summed E-state index contributed by atoms with van der Waals surface area (Å²) >= 11 is 4.60. The predicted octanol–water partition coefficient (Wildman–Crippen LogP) is 0.465. The van der Waals surface area contributed by atoms with Gasteiger partial charge in [-0.3, -0.25) is 5.10 Å². The van der Waals surface area contributed by atoms with Gasteiger partial charge >= 0.3 is 0 Å². The summed E-state index contributed by atoms with van der Waals surface area (Å²) in [7, 11) is 0. The number of aromatic nitrogens is 3. The summed E-state index contributed by atoms with van der Waals surface area (Å²) in [4.78, 5) is 0. The average Bonchev–Trinajstić information content (AvgIpc) is 1.86. The Morgan fingerprint density at radius 3 is 2.57 bits per heavy atom. The number of nitrogens with zero attached hydrogens (tertiary/aromatic N) is 1. The summed E-state index contributed by atoms with van der Waals surface area (Å²) in [6.45, 7) is 0. The molecule has 43 valence electrons. The molecule has 2 N–H and O–H groups in total. The van der Waals surface area contributed by atoms with Crippen molar-refractivity contribution in [2.45, 2.75) is 0 Å². The molecule has 0 bridgehead atoms. The molecule has 0 fully saturated rings. The van der Waals surface area contributed by atoms with E-state index in [4.69, 9.17) is 0 Å². The van der Waals surface area contributed by atoms with Crippen LogP contribution in [0.25, 0.3) is 0 Å². The van der Waals surface area contributed by atoms with Gasteiger partial charge in [0, 0.05) is 17.1 Å². The summed E-state index contributed by atoms with van der Waals surface area (Å²) in [5, 5.41) is 8.57. The van der Waals surface area contributed by atoms with E-state index in [9.17, 15) is 0 Å². The minimum atomic E-state index is 0. The fourth-order valence-corrected chi connectivity index (χ4v) is 0.309. The Hall–Kier alpha value is -0.121. The van der Waals surface area contributed by atoms with Crippen LogP contribution in [0.2, 0.25) is 0 Å². The number of nitrogens with one attached hydrogen (secondary N) is 2. The first-order valence-electron chi connectivity index (χ1n) is 1.47. The van der Waals surface area contributed by atoms with Crippen molar-refractivity contribution in [2.24, 2.45) is 0 Å². The van der Waals surface area contributed by atoms with Gasteiger partial charge in [0.1, 0.15) is 4.64 Å². The van der Waals surface area contributed by atoms with Gasteiger partial charge < -0.3 is 0 Å². The zero-order chi connectivity index (χ0) is 4.41. The summed E-state index contributed by atoms with van der Waals surface area (Å²) in [5.74, 6) is 0. The summed E-state index contributed by atoms with van der Waals surface area (Å²) in [6, 6.07) is 0. The monoisotopic (exact) mass is 164 g/mol. The van der Waals surface area contributed by atoms with Crippen molar-refractivity contribution < 1.29 is 17.1 Å². The van der Waals surface area contributed by atoms with Gasteiger partial charge in [0.2, 0.25) is 0 Å². The SMILES string of the molecule is S=c1cn[nH][nH]1.[Cu]. The third-order valence-corrected chi connectivity index (χ3v) is 0.633. The number of rotatable bonds is 0. The van der Waals surface area contributed by atoms with Crippen molar-refractivity contribution in [1.29, 1.82) is 0 Å². The van der Waals surface area contributed by atoms with Crippen LogP contribution >= 0.6 is 12.2 Å². The second-order valence-electron chi connectivity index (χ2n) is 0.859. The van der Waals surface area contributed by atoms with Crippen LogP contribution in [0.5, 0.6) is 0 Å². The van der Waals surface area contributed by atoms with E-state index in [-0.39, 0.29) is 17.1 Å². The topological polar surface area (TPSA) is 44.5 Å². The van der Waals surface area contributed by atoms with Gasteiger partial charge in [-0.2, -0.15) is 5.10 Å². The molecule has 0 aliphatic heterocycles. The number of aromatic amines is 2. The van der Waals surface area contributed by atoms with E-state index in [0.29, 0.717) is 4.64 Å². The Morgan fingerprint density at radius 1 is 1.71 bits per heavy atom. The summed E-state index contributed by atoms with van der Waals surface area (Å²) < 4.78 is 0.634. The van der Waals surface area contributed by atoms with E-state index in [1.165, 1.54) is 6.20 Å². The second kappa shape index (κ2) is 2.96. The molecule has 1 heterocycles. The van der Waals surface area contributed by atoms with Crippen LogP contribution in [-0.4, -0.2) is 15.4 Å². The van der Waals surface area contributed by atoms with Gasteiger partial charge in [0.05, 0.1) is 6.20 Å². The van der Waals surface area contributed by atoms with Crippen LogP contribution in [0.4, 0.5) is 0 Å². The van der Waals surface area contributed by atoms with E-state index in [1.54, 1.807) is 0 Å². The number of H-pyrrole nitrogens is 2. The molecule has 1 rings (SSSR count). The van der Waals surface area contributed by atoms with Gasteiger partial charge in [-0.05, 0) is 0 Å². The first-order chi connectivity index (χ1) is 2.89. The molecule has 0 aromatic carbocycles. The van der Waals surface area contributed by atoms with Crippen LogP contribution in [0.3, 0.4) is 0 Å². The van der Waals surface area contributed by atoms with Crippen LogP contribution in [0.1, 0.15) is 0 Å². The smallest absolute Gasteiger partial charge is 0.139 e. The standard InChI is InChI=1S/C2H3N3S.Cu/c6-2-1-3-5-4-2;/h1H,(H2,3,4,5,6);. The van der Waals surface area contributed by atoms with E-state index < -0.39 is 0 Å². The molecule has 0 unspecified atom stereocenters. The molecule has 0 atom stereocenters. The fraction of sp³-hybridized carbons (Fsp3) is 0. The van der Waals surface area contributed by atoms with Crippen molar-refractivity contribution in [1.82, 2.24) is 15.4 Å². The average molecular weight is 165 g/mol. The minimum absolute atomic E-state index is 0. The Labute approximate surface area is 56.0 Å². The molecule has 0 aliphatic carbocycles. The molecule has 3 nitrogen and oxygen atoms in total. The Kier molecular flexibility index (Phi) is 2.91. The first-order valence-corrected chi connectivity index (χ1v) is 1.88. The largest absolute Gasteiger partial charge is 0.273 e. The number of hydrogen-bond donors (Lipinski definition) is 2. The molecular weight excluding hydrogens is 162 g/mol. The van der Waals surface area contributed by atoms with Crippen LogP contribution in [-0.2, 0) is 17.1 Å². The fourth-order valence-electron chi connectivity index (χ4n) is 0.211. The molecule has 0 aliphatic rings. The quantitative estimate of drug-likeness (QED) is 0.433. The molecule has 1 aromatic heterocycles. The molecule has 1 aromatic rings. The van der Waals surface area contributed by atoms with Gasteiger partial charge in [-0.25, -0.2) is 5.21 Å². The van der Waals surface area contributed by atoms with Crippen molar-refractivity contribution in [2.75, 3.05) is 0 Å². The normalized spacial score (nSPS) is 7.43. The zero-order valence-corrected chi connectivity index (χ0v) is 4.99. The maximum Gasteiger partial charge on any atom is 0.139 e. The molecule has 0 amide bonds. The number of hydrogen-bond acceptors (Lipinski definition) is 2. The summed E-state index contributed by atoms with van der Waals surface area (Å²) in [6.07, 6.45) is 1.54. The Bertz CT molecular complexity index is 151. The van der Waals surface area contributed by atoms with Crippen LogP contribution in [0.15, 0.2) is 6.20 Å². The van der Waals surface area contributed by atoms with Crippen molar-refractivity contribution >= 4 is 12.2 Å². The summed E-state index contributed by atoms with van der Waals surface area (Å²) in [5.41, 5.74) is 0. The van der Waals surface area contributed by atoms with Gasteiger partial charge in [0.15, 0.2) is 0 Å². The first kappa shape index (κ1) is 6.88. The zero-order valence-electron chi connectivity index (χ0n) is 3.23. The Balaban J connectivity index is 0.000000360. The molecule has 0 saturated heterocycles. The van der Waals surface area contributed by atoms with Crippen molar-refractivity contribution in [3.05, 3.63) is 10.8 Å². The third-order valence-electron chi connectivity index (χ3n) is 0.425. The van der Waals surface area contributed by atoms with E-state index in [2.05, 4.69) is 27.6 Å². The maximum absolute atomic E-state index is 4.60. The van der Waals surface area contributed by atoms with Crippen LogP contribution in [0, 0.1) is 4.64 Å². The molecule has 5 heteroatoms. The van der Waals surface area contributed by atoms with Gasteiger partial charge in [-0.1, -0.05) is 12.2 Å². The van der Waals surface area contributed by atoms with Gasteiger partial charge in [-0.15, -0.1) is 0 Å². The minimum Gasteiger partial charge on any atom is -0.273 e.